The van der Waals surface area contributed by atoms with Crippen molar-refractivity contribution >= 4 is 17.1 Å². The van der Waals surface area contributed by atoms with E-state index < -0.39 is 11.6 Å². The Morgan fingerprint density at radius 3 is 2.81 bits per heavy atom. The summed E-state index contributed by atoms with van der Waals surface area (Å²) in [5, 5.41) is 3.61. The monoisotopic (exact) mass is 492 g/mol. The molecule has 2 bridgehead atoms. The summed E-state index contributed by atoms with van der Waals surface area (Å²) in [5.41, 5.74) is 3.16. The van der Waals surface area contributed by atoms with Gasteiger partial charge in [0.1, 0.15) is 22.9 Å². The Morgan fingerprint density at radius 1 is 1.17 bits per heavy atom. The number of fused-ring (bicyclic) bond motifs is 5. The van der Waals surface area contributed by atoms with Crippen molar-refractivity contribution in [2.75, 3.05) is 26.8 Å². The molecule has 3 aliphatic heterocycles. The predicted octanol–water partition coefficient (Wildman–Crippen LogP) is 4.69. The van der Waals surface area contributed by atoms with Crippen LogP contribution in [0.15, 0.2) is 42.6 Å². The second kappa shape index (κ2) is 9.75. The van der Waals surface area contributed by atoms with Crippen LogP contribution in [-0.4, -0.2) is 59.8 Å². The van der Waals surface area contributed by atoms with Crippen LogP contribution in [0.1, 0.15) is 42.7 Å². The Morgan fingerprint density at radius 2 is 2.00 bits per heavy atom. The van der Waals surface area contributed by atoms with Gasteiger partial charge in [0, 0.05) is 54.3 Å². The minimum atomic E-state index is -0.428. The Labute approximate surface area is 209 Å². The van der Waals surface area contributed by atoms with Gasteiger partial charge in [-0.15, -0.1) is 0 Å². The standard InChI is InChI=1S/C28H30F2N4O2/c1-35-26-9-8-24-28(33-26)27-18(16-36-25(27)14-32-24)15-34-21-5-6-22(34)13-20(12-21)31-10-2-3-17-11-19(29)4-7-23(17)30/h2-4,7-9,11,14,18,20-22,31H,5-6,10,12-13,15-16H2,1H3/b3-2+. The summed E-state index contributed by atoms with van der Waals surface area (Å²) < 4.78 is 38.6. The average Bonchev–Trinajstić information content (AvgIpc) is 3.40. The number of methoxy groups -OCH3 is 1. The van der Waals surface area contributed by atoms with E-state index in [0.717, 1.165) is 53.9 Å². The molecule has 0 amide bonds. The van der Waals surface area contributed by atoms with Crippen molar-refractivity contribution in [2.24, 2.45) is 0 Å². The van der Waals surface area contributed by atoms with Crippen LogP contribution < -0.4 is 14.8 Å². The summed E-state index contributed by atoms with van der Waals surface area (Å²) in [6.07, 6.45) is 9.92. The molecule has 3 atom stereocenters. The van der Waals surface area contributed by atoms with Gasteiger partial charge in [-0.1, -0.05) is 12.2 Å². The van der Waals surface area contributed by atoms with Crippen molar-refractivity contribution in [1.29, 1.82) is 0 Å². The van der Waals surface area contributed by atoms with E-state index >= 15 is 0 Å². The normalized spacial score (nSPS) is 25.4. The Hall–Kier alpha value is -3.10. The number of pyridine rings is 2. The molecule has 0 aliphatic carbocycles. The van der Waals surface area contributed by atoms with E-state index in [0.29, 0.717) is 37.2 Å². The maximum atomic E-state index is 13.8. The Bertz CT molecular complexity index is 1290. The molecule has 0 saturated carbocycles. The maximum absolute atomic E-state index is 13.8. The largest absolute Gasteiger partial charge is 0.491 e. The third-order valence-corrected chi connectivity index (χ3v) is 7.84. The predicted molar refractivity (Wildman–Crippen MR) is 134 cm³/mol. The van der Waals surface area contributed by atoms with Gasteiger partial charge in [0.15, 0.2) is 0 Å². The molecule has 0 radical (unpaired) electrons. The van der Waals surface area contributed by atoms with Gasteiger partial charge in [-0.05, 0) is 49.9 Å². The van der Waals surface area contributed by atoms with Crippen molar-refractivity contribution in [3.8, 4) is 11.6 Å². The second-order valence-corrected chi connectivity index (χ2v) is 9.99. The maximum Gasteiger partial charge on any atom is 0.213 e. The molecule has 2 aromatic heterocycles. The molecule has 3 aliphatic rings. The molecule has 8 heteroatoms. The lowest BCUT2D eigenvalue weighted by Crippen LogP contribution is -2.50. The fourth-order valence-corrected chi connectivity index (χ4v) is 6.15. The zero-order chi connectivity index (χ0) is 24.6. The molecule has 2 saturated heterocycles. The highest BCUT2D eigenvalue weighted by atomic mass is 19.1. The van der Waals surface area contributed by atoms with E-state index in [9.17, 15) is 8.78 Å². The fourth-order valence-electron chi connectivity index (χ4n) is 6.15. The number of piperidine rings is 1. The summed E-state index contributed by atoms with van der Waals surface area (Å²) in [4.78, 5) is 11.9. The van der Waals surface area contributed by atoms with Gasteiger partial charge in [-0.2, -0.15) is 0 Å². The highest BCUT2D eigenvalue weighted by Crippen LogP contribution is 2.42. The van der Waals surface area contributed by atoms with Crippen LogP contribution in [0.2, 0.25) is 0 Å². The van der Waals surface area contributed by atoms with E-state index in [1.54, 1.807) is 13.2 Å². The molecular weight excluding hydrogens is 462 g/mol. The van der Waals surface area contributed by atoms with Crippen LogP contribution >= 0.6 is 0 Å². The van der Waals surface area contributed by atoms with Gasteiger partial charge in [0.2, 0.25) is 5.88 Å². The van der Waals surface area contributed by atoms with Gasteiger partial charge >= 0.3 is 0 Å². The lowest BCUT2D eigenvalue weighted by Gasteiger charge is -2.40. The van der Waals surface area contributed by atoms with Gasteiger partial charge < -0.3 is 14.8 Å². The molecule has 3 unspecified atom stereocenters. The molecule has 1 N–H and O–H groups in total. The van der Waals surface area contributed by atoms with Crippen LogP contribution in [0.5, 0.6) is 11.6 Å². The first-order chi connectivity index (χ1) is 17.6. The summed E-state index contributed by atoms with van der Waals surface area (Å²) in [6, 6.07) is 8.80. The Balaban J connectivity index is 1.10. The van der Waals surface area contributed by atoms with Gasteiger partial charge in [-0.3, -0.25) is 9.88 Å². The van der Waals surface area contributed by atoms with Crippen molar-refractivity contribution < 1.29 is 18.3 Å². The molecule has 188 valence electrons. The van der Waals surface area contributed by atoms with Crippen LogP contribution in [-0.2, 0) is 0 Å². The highest BCUT2D eigenvalue weighted by molar-refractivity contribution is 5.81. The fraction of sp³-hybridized carbons (Fsp3) is 0.429. The number of hydrogen-bond donors (Lipinski definition) is 1. The van der Waals surface area contributed by atoms with Crippen molar-refractivity contribution in [1.82, 2.24) is 20.2 Å². The minimum Gasteiger partial charge on any atom is -0.491 e. The SMILES string of the molecule is COc1ccc2ncc3c(c2n1)C(CN1C2CCC1CC(NC/C=C/c1cc(F)ccc1F)C2)CO3. The van der Waals surface area contributed by atoms with Crippen molar-refractivity contribution in [3.63, 3.8) is 0 Å². The lowest BCUT2D eigenvalue weighted by atomic mass is 9.93. The van der Waals surface area contributed by atoms with Gasteiger partial charge in [0.25, 0.3) is 0 Å². The number of ether oxygens (including phenoxy) is 2. The molecule has 36 heavy (non-hydrogen) atoms. The number of nitrogens with zero attached hydrogens (tertiary/aromatic N) is 3. The van der Waals surface area contributed by atoms with E-state index in [4.69, 9.17) is 14.5 Å². The summed E-state index contributed by atoms with van der Waals surface area (Å²) in [7, 11) is 1.63. The quantitative estimate of drug-likeness (QED) is 0.517. The smallest absolute Gasteiger partial charge is 0.213 e. The van der Waals surface area contributed by atoms with E-state index in [1.165, 1.54) is 18.9 Å². The number of nitrogens with one attached hydrogen (secondary N) is 1. The molecule has 2 fully saturated rings. The highest BCUT2D eigenvalue weighted by Gasteiger charge is 2.42. The third-order valence-electron chi connectivity index (χ3n) is 7.84. The summed E-state index contributed by atoms with van der Waals surface area (Å²) in [6.45, 7) is 2.23. The third kappa shape index (κ3) is 4.44. The van der Waals surface area contributed by atoms with E-state index in [1.807, 2.05) is 24.4 Å². The van der Waals surface area contributed by atoms with Crippen LogP contribution in [0.3, 0.4) is 0 Å². The summed E-state index contributed by atoms with van der Waals surface area (Å²) >= 11 is 0. The first kappa shape index (κ1) is 23.3. The lowest BCUT2D eigenvalue weighted by molar-refractivity contribution is 0.106. The van der Waals surface area contributed by atoms with Crippen LogP contribution in [0.4, 0.5) is 8.78 Å². The van der Waals surface area contributed by atoms with Crippen molar-refractivity contribution in [2.45, 2.75) is 49.7 Å². The van der Waals surface area contributed by atoms with E-state index in [2.05, 4.69) is 15.2 Å². The van der Waals surface area contributed by atoms with Crippen LogP contribution in [0, 0.1) is 11.6 Å². The molecule has 3 aromatic rings. The zero-order valence-electron chi connectivity index (χ0n) is 20.3. The number of hydrogen-bond acceptors (Lipinski definition) is 6. The molecule has 0 spiro atoms. The Kier molecular flexibility index (Phi) is 6.31. The first-order valence-corrected chi connectivity index (χ1v) is 12.7. The molecule has 5 heterocycles. The molecule has 6 rings (SSSR count). The molecular formula is C28H30F2N4O2. The summed E-state index contributed by atoms with van der Waals surface area (Å²) in [5.74, 6) is 0.834. The number of rotatable bonds is 7. The zero-order valence-corrected chi connectivity index (χ0v) is 20.3. The number of halogens is 2. The number of aromatic nitrogens is 2. The number of benzene rings is 1. The average molecular weight is 493 g/mol. The second-order valence-electron chi connectivity index (χ2n) is 9.99. The molecule has 1 aromatic carbocycles. The minimum absolute atomic E-state index is 0.252. The van der Waals surface area contributed by atoms with Crippen molar-refractivity contribution in [3.05, 3.63) is 65.4 Å². The van der Waals surface area contributed by atoms with Gasteiger partial charge in [-0.25, -0.2) is 13.8 Å². The van der Waals surface area contributed by atoms with Crippen LogP contribution in [0.25, 0.3) is 17.1 Å². The topological polar surface area (TPSA) is 59.5 Å². The first-order valence-electron chi connectivity index (χ1n) is 12.7. The van der Waals surface area contributed by atoms with E-state index in [-0.39, 0.29) is 11.5 Å². The van der Waals surface area contributed by atoms with Gasteiger partial charge in [0.05, 0.1) is 25.4 Å². The molecule has 6 nitrogen and oxygen atoms in total.